The van der Waals surface area contributed by atoms with Crippen LogP contribution in [0.2, 0.25) is 0 Å². The van der Waals surface area contributed by atoms with Crippen LogP contribution >= 0.6 is 39.5 Å². The van der Waals surface area contributed by atoms with Crippen molar-refractivity contribution in [3.63, 3.8) is 0 Å². The van der Waals surface area contributed by atoms with E-state index in [1.165, 1.54) is 11.8 Å². The summed E-state index contributed by atoms with van der Waals surface area (Å²) in [6.07, 6.45) is 0. The first kappa shape index (κ1) is 14.1. The Hall–Kier alpha value is -0.0100. The molecule has 0 saturated heterocycles. The first-order valence-electron chi connectivity index (χ1n) is 4.27. The molecule has 90 valence electrons. The molecule has 0 aromatic heterocycles. The molecule has 7 heteroatoms. The van der Waals surface area contributed by atoms with Crippen LogP contribution in [0.25, 0.3) is 0 Å². The molecule has 0 aliphatic heterocycles. The van der Waals surface area contributed by atoms with Crippen molar-refractivity contribution in [1.29, 1.82) is 0 Å². The summed E-state index contributed by atoms with van der Waals surface area (Å²) in [4.78, 5) is 0.803. The summed E-state index contributed by atoms with van der Waals surface area (Å²) in [5, 5.41) is 0. The van der Waals surface area contributed by atoms with Gasteiger partial charge in [0.25, 0.3) is 0 Å². The third-order valence-corrected chi connectivity index (χ3v) is 4.14. The number of halogens is 4. The van der Waals surface area contributed by atoms with Crippen molar-refractivity contribution < 1.29 is 13.2 Å². The lowest BCUT2D eigenvalue weighted by Crippen LogP contribution is -2.02. The van der Waals surface area contributed by atoms with Gasteiger partial charge >= 0.3 is 5.51 Å². The van der Waals surface area contributed by atoms with Crippen LogP contribution in [0.5, 0.6) is 0 Å². The Morgan fingerprint density at radius 3 is 2.56 bits per heavy atom. The molecule has 16 heavy (non-hydrogen) atoms. The van der Waals surface area contributed by atoms with E-state index in [9.17, 15) is 13.2 Å². The molecular formula is C9H9BrF3NS2. The number of thioether (sulfide) groups is 2. The van der Waals surface area contributed by atoms with Crippen LogP contribution in [0.15, 0.2) is 27.6 Å². The second-order valence-electron chi connectivity index (χ2n) is 2.82. The van der Waals surface area contributed by atoms with E-state index in [4.69, 9.17) is 5.73 Å². The maximum atomic E-state index is 11.8. The molecule has 0 amide bonds. The Kier molecular flexibility index (Phi) is 5.33. The molecule has 0 saturated carbocycles. The minimum absolute atomic E-state index is 0.0105. The van der Waals surface area contributed by atoms with Gasteiger partial charge < -0.3 is 5.73 Å². The zero-order valence-electron chi connectivity index (χ0n) is 8.05. The van der Waals surface area contributed by atoms with Crippen LogP contribution in [0.1, 0.15) is 0 Å². The number of nitrogen functional groups attached to an aromatic ring is 1. The van der Waals surface area contributed by atoms with Crippen LogP contribution in [-0.2, 0) is 0 Å². The first-order chi connectivity index (χ1) is 7.38. The lowest BCUT2D eigenvalue weighted by molar-refractivity contribution is -0.0326. The summed E-state index contributed by atoms with van der Waals surface area (Å²) >= 11 is 4.60. The fourth-order valence-electron chi connectivity index (χ4n) is 0.942. The predicted molar refractivity (Wildman–Crippen MR) is 67.8 cm³/mol. The standard InChI is InChI=1S/C9H9BrF3NS2/c10-6-1-2-7(14)8(5-6)15-3-4-16-9(11,12)13/h1-2,5H,3-4,14H2. The molecule has 0 unspecified atom stereocenters. The molecule has 1 aromatic rings. The Balaban J connectivity index is 2.40. The lowest BCUT2D eigenvalue weighted by Gasteiger charge is -2.07. The van der Waals surface area contributed by atoms with E-state index in [0.29, 0.717) is 11.4 Å². The maximum absolute atomic E-state index is 11.8. The summed E-state index contributed by atoms with van der Waals surface area (Å²) in [5.41, 5.74) is 2.13. The van der Waals surface area contributed by atoms with Crippen LogP contribution in [0.3, 0.4) is 0 Å². The van der Waals surface area contributed by atoms with Gasteiger partial charge in [0, 0.05) is 26.6 Å². The first-order valence-corrected chi connectivity index (χ1v) is 7.03. The van der Waals surface area contributed by atoms with E-state index < -0.39 is 5.51 Å². The number of hydrogen-bond acceptors (Lipinski definition) is 3. The minimum Gasteiger partial charge on any atom is -0.398 e. The van der Waals surface area contributed by atoms with Crippen molar-refractivity contribution in [2.75, 3.05) is 17.2 Å². The molecule has 0 bridgehead atoms. The highest BCUT2D eigenvalue weighted by Crippen LogP contribution is 2.33. The van der Waals surface area contributed by atoms with Gasteiger partial charge in [0.05, 0.1) is 0 Å². The van der Waals surface area contributed by atoms with Gasteiger partial charge in [0.2, 0.25) is 0 Å². The molecular weight excluding hydrogens is 323 g/mol. The summed E-state index contributed by atoms with van der Waals surface area (Å²) < 4.78 is 36.4. The van der Waals surface area contributed by atoms with E-state index in [-0.39, 0.29) is 17.5 Å². The average Bonchev–Trinajstić information content (AvgIpc) is 2.16. The molecule has 0 atom stereocenters. The molecule has 0 spiro atoms. The Labute approximate surface area is 108 Å². The van der Waals surface area contributed by atoms with Crippen LogP contribution < -0.4 is 5.73 Å². The summed E-state index contributed by atoms with van der Waals surface area (Å²) in [6, 6.07) is 5.32. The molecule has 0 fully saturated rings. The van der Waals surface area contributed by atoms with Crippen molar-refractivity contribution in [2.45, 2.75) is 10.4 Å². The van der Waals surface area contributed by atoms with E-state index in [1.807, 2.05) is 0 Å². The third-order valence-electron chi connectivity index (χ3n) is 1.58. The Morgan fingerprint density at radius 2 is 1.94 bits per heavy atom. The number of alkyl halides is 3. The number of anilines is 1. The van der Waals surface area contributed by atoms with E-state index >= 15 is 0 Å². The van der Waals surface area contributed by atoms with Gasteiger partial charge in [0.1, 0.15) is 0 Å². The smallest absolute Gasteiger partial charge is 0.398 e. The van der Waals surface area contributed by atoms with Gasteiger partial charge in [-0.2, -0.15) is 13.2 Å². The quantitative estimate of drug-likeness (QED) is 0.503. The van der Waals surface area contributed by atoms with Gasteiger partial charge in [-0.3, -0.25) is 0 Å². The van der Waals surface area contributed by atoms with Crippen LogP contribution in [0, 0.1) is 0 Å². The number of benzene rings is 1. The zero-order chi connectivity index (χ0) is 12.2. The minimum atomic E-state index is -4.15. The maximum Gasteiger partial charge on any atom is 0.441 e. The highest BCUT2D eigenvalue weighted by molar-refractivity contribution is 9.10. The molecule has 0 heterocycles. The van der Waals surface area contributed by atoms with Crippen LogP contribution in [-0.4, -0.2) is 17.0 Å². The van der Waals surface area contributed by atoms with Crippen molar-refractivity contribution in [2.24, 2.45) is 0 Å². The molecule has 1 rings (SSSR count). The molecule has 0 aliphatic carbocycles. The number of nitrogens with two attached hydrogens (primary N) is 1. The van der Waals surface area contributed by atoms with Gasteiger partial charge in [0.15, 0.2) is 0 Å². The second-order valence-corrected chi connectivity index (χ2v) is 6.04. The summed E-state index contributed by atoms with van der Waals surface area (Å²) in [5.74, 6) is 0.408. The largest absolute Gasteiger partial charge is 0.441 e. The predicted octanol–water partition coefficient (Wildman–Crippen LogP) is 4.38. The average molecular weight is 332 g/mol. The van der Waals surface area contributed by atoms with E-state index in [1.54, 1.807) is 18.2 Å². The third kappa shape index (κ3) is 5.36. The Bertz CT molecular complexity index is 357. The van der Waals surface area contributed by atoms with Gasteiger partial charge in [-0.1, -0.05) is 27.7 Å². The molecule has 0 aliphatic rings. The second kappa shape index (κ2) is 6.07. The lowest BCUT2D eigenvalue weighted by atomic mass is 10.3. The van der Waals surface area contributed by atoms with Gasteiger partial charge in [-0.25, -0.2) is 0 Å². The summed E-state index contributed by atoms with van der Waals surface area (Å²) in [7, 11) is 0. The summed E-state index contributed by atoms with van der Waals surface area (Å²) in [6.45, 7) is 0. The number of rotatable bonds is 4. The molecule has 2 N–H and O–H groups in total. The molecule has 0 radical (unpaired) electrons. The highest BCUT2D eigenvalue weighted by Gasteiger charge is 2.27. The number of hydrogen-bond donors (Lipinski definition) is 1. The zero-order valence-corrected chi connectivity index (χ0v) is 11.3. The van der Waals surface area contributed by atoms with Crippen molar-refractivity contribution >= 4 is 45.1 Å². The fraction of sp³-hybridized carbons (Fsp3) is 0.333. The van der Waals surface area contributed by atoms with Crippen molar-refractivity contribution in [3.05, 3.63) is 22.7 Å². The van der Waals surface area contributed by atoms with E-state index in [0.717, 1.165) is 9.37 Å². The Morgan fingerprint density at radius 1 is 1.25 bits per heavy atom. The van der Waals surface area contributed by atoms with Crippen molar-refractivity contribution in [3.8, 4) is 0 Å². The van der Waals surface area contributed by atoms with E-state index in [2.05, 4.69) is 15.9 Å². The van der Waals surface area contributed by atoms with Gasteiger partial charge in [-0.15, -0.1) is 11.8 Å². The molecule has 1 aromatic carbocycles. The van der Waals surface area contributed by atoms with Crippen molar-refractivity contribution in [1.82, 2.24) is 0 Å². The topological polar surface area (TPSA) is 26.0 Å². The monoisotopic (exact) mass is 331 g/mol. The van der Waals surface area contributed by atoms with Crippen LogP contribution in [0.4, 0.5) is 18.9 Å². The highest BCUT2D eigenvalue weighted by atomic mass is 79.9. The fourth-order valence-corrected chi connectivity index (χ4v) is 3.02. The normalized spacial score (nSPS) is 11.8. The van der Waals surface area contributed by atoms with Gasteiger partial charge in [-0.05, 0) is 18.2 Å². The molecule has 1 nitrogen and oxygen atoms in total. The SMILES string of the molecule is Nc1ccc(Br)cc1SCCSC(F)(F)F.